The van der Waals surface area contributed by atoms with Gasteiger partial charge < -0.3 is 0 Å². The first-order valence-electron chi connectivity index (χ1n) is 8.49. The van der Waals surface area contributed by atoms with Gasteiger partial charge in [-0.1, -0.05) is 52.7 Å². The topological polar surface area (TPSA) is 92.3 Å². The summed E-state index contributed by atoms with van der Waals surface area (Å²) in [7, 11) is -3.91. The molecule has 0 unspecified atom stereocenters. The van der Waals surface area contributed by atoms with Crippen molar-refractivity contribution in [1.29, 1.82) is 0 Å². The number of fused-ring (bicyclic) bond motifs is 1. The number of para-hydroxylation sites is 1. The fourth-order valence-corrected chi connectivity index (χ4v) is 6.35. The van der Waals surface area contributed by atoms with Crippen LogP contribution in [-0.4, -0.2) is 30.6 Å². The molecule has 0 saturated carbocycles. The Balaban J connectivity index is 1.59. The van der Waals surface area contributed by atoms with Crippen LogP contribution in [0.4, 0.5) is 10.8 Å². The van der Waals surface area contributed by atoms with Crippen molar-refractivity contribution in [3.8, 4) is 0 Å². The monoisotopic (exact) mass is 468 g/mol. The van der Waals surface area contributed by atoms with Gasteiger partial charge in [0.1, 0.15) is 0 Å². The molecule has 1 atom stereocenters. The Bertz CT molecular complexity index is 1210. The highest BCUT2D eigenvalue weighted by Gasteiger charge is 2.38. The lowest BCUT2D eigenvalue weighted by Crippen LogP contribution is -2.35. The molecule has 0 spiro atoms. The Morgan fingerprint density at radius 1 is 1.21 bits per heavy atom. The smallest absolute Gasteiger partial charge is 0.293 e. The van der Waals surface area contributed by atoms with Crippen LogP contribution in [-0.2, 0) is 16.4 Å². The highest BCUT2D eigenvalue weighted by molar-refractivity contribution is 7.94. The lowest BCUT2D eigenvalue weighted by atomic mass is 10.1. The number of sulfonamides is 1. The zero-order valence-electron chi connectivity index (χ0n) is 15.0. The van der Waals surface area contributed by atoms with Crippen LogP contribution >= 0.6 is 34.5 Å². The van der Waals surface area contributed by atoms with Crippen molar-refractivity contribution in [2.75, 3.05) is 9.62 Å². The number of nitrogens with one attached hydrogen (secondary N) is 1. The maximum atomic E-state index is 13.2. The number of benzene rings is 2. The molecule has 1 aliphatic rings. The number of hydrogen-bond donors (Lipinski definition) is 1. The third-order valence-electron chi connectivity index (χ3n) is 4.43. The van der Waals surface area contributed by atoms with Gasteiger partial charge in [-0.15, -0.1) is 10.2 Å². The molecule has 0 aliphatic carbocycles. The average Bonchev–Trinajstić information content (AvgIpc) is 3.25. The van der Waals surface area contributed by atoms with Crippen LogP contribution < -0.4 is 9.62 Å². The van der Waals surface area contributed by atoms with Crippen LogP contribution in [0.2, 0.25) is 10.0 Å². The molecule has 0 saturated heterocycles. The van der Waals surface area contributed by atoms with E-state index in [2.05, 4.69) is 15.5 Å². The first-order valence-corrected chi connectivity index (χ1v) is 11.5. The van der Waals surface area contributed by atoms with E-state index in [4.69, 9.17) is 23.2 Å². The van der Waals surface area contributed by atoms with Crippen molar-refractivity contribution in [1.82, 2.24) is 10.2 Å². The predicted molar refractivity (Wildman–Crippen MR) is 114 cm³/mol. The standard InChI is InChI=1S/C18H14Cl2N4O3S2/c1-10-8-11-4-2-3-5-15(11)24(10)29(26,27)18-23-22-17(28-18)21-16(25)13-7-6-12(19)9-14(13)20/h2-7,9-10H,8H2,1H3,(H,21,22,25)/t10-/m0/s1. The van der Waals surface area contributed by atoms with Gasteiger partial charge in [-0.05, 0) is 43.2 Å². The van der Waals surface area contributed by atoms with E-state index in [0.717, 1.165) is 16.9 Å². The summed E-state index contributed by atoms with van der Waals surface area (Å²) in [5, 5.41) is 10.8. The third-order valence-corrected chi connectivity index (χ3v) is 8.09. The Morgan fingerprint density at radius 2 is 1.97 bits per heavy atom. The molecule has 0 fully saturated rings. The van der Waals surface area contributed by atoms with Gasteiger partial charge in [-0.3, -0.25) is 14.4 Å². The summed E-state index contributed by atoms with van der Waals surface area (Å²) in [4.78, 5) is 12.4. The first-order chi connectivity index (χ1) is 13.8. The molecule has 2 aromatic carbocycles. The minimum atomic E-state index is -3.91. The van der Waals surface area contributed by atoms with Crippen LogP contribution in [0.15, 0.2) is 46.8 Å². The molecule has 3 aromatic rings. The number of rotatable bonds is 4. The lowest BCUT2D eigenvalue weighted by molar-refractivity contribution is 0.102. The number of hydrogen-bond acceptors (Lipinski definition) is 6. The van der Waals surface area contributed by atoms with Gasteiger partial charge in [0.15, 0.2) is 0 Å². The largest absolute Gasteiger partial charge is 0.296 e. The van der Waals surface area contributed by atoms with Crippen molar-refractivity contribution < 1.29 is 13.2 Å². The Kier molecular flexibility index (Phi) is 5.24. The zero-order valence-corrected chi connectivity index (χ0v) is 18.1. The molecule has 7 nitrogen and oxygen atoms in total. The second-order valence-electron chi connectivity index (χ2n) is 6.43. The van der Waals surface area contributed by atoms with Crippen molar-refractivity contribution in [3.05, 3.63) is 63.6 Å². The highest BCUT2D eigenvalue weighted by Crippen LogP contribution is 2.37. The fraction of sp³-hybridized carbons (Fsp3) is 0.167. The number of carbonyl (C=O) groups excluding carboxylic acids is 1. The van der Waals surface area contributed by atoms with E-state index in [0.29, 0.717) is 17.1 Å². The predicted octanol–water partition coefficient (Wildman–Crippen LogP) is 4.24. The molecular formula is C18H14Cl2N4O3S2. The summed E-state index contributed by atoms with van der Waals surface area (Å²) in [5.74, 6) is -0.536. The van der Waals surface area contributed by atoms with Gasteiger partial charge in [0, 0.05) is 11.1 Å². The van der Waals surface area contributed by atoms with E-state index in [9.17, 15) is 13.2 Å². The van der Waals surface area contributed by atoms with E-state index < -0.39 is 15.9 Å². The summed E-state index contributed by atoms with van der Waals surface area (Å²) >= 11 is 12.7. The maximum Gasteiger partial charge on any atom is 0.293 e. The number of amides is 1. The summed E-state index contributed by atoms with van der Waals surface area (Å²) in [6.07, 6.45) is 0.618. The van der Waals surface area contributed by atoms with Crippen LogP contribution in [0.5, 0.6) is 0 Å². The molecule has 2 heterocycles. The summed E-state index contributed by atoms with van der Waals surface area (Å²) in [6, 6.07) is 11.5. The highest BCUT2D eigenvalue weighted by atomic mass is 35.5. The van der Waals surface area contributed by atoms with Crippen molar-refractivity contribution in [2.24, 2.45) is 0 Å². The minimum absolute atomic E-state index is 0.0553. The average molecular weight is 469 g/mol. The van der Waals surface area contributed by atoms with Gasteiger partial charge in [-0.2, -0.15) is 8.42 Å². The first kappa shape index (κ1) is 20.1. The number of halogens is 2. The second kappa shape index (κ2) is 7.56. The third kappa shape index (κ3) is 3.71. The van der Waals surface area contributed by atoms with Gasteiger partial charge in [0.05, 0.1) is 16.3 Å². The molecule has 150 valence electrons. The molecule has 29 heavy (non-hydrogen) atoms. The van der Waals surface area contributed by atoms with Crippen LogP contribution in [0, 0.1) is 0 Å². The van der Waals surface area contributed by atoms with Crippen LogP contribution in [0.3, 0.4) is 0 Å². The van der Waals surface area contributed by atoms with Crippen LogP contribution in [0.1, 0.15) is 22.8 Å². The van der Waals surface area contributed by atoms with Gasteiger partial charge in [0.25, 0.3) is 20.3 Å². The number of aromatic nitrogens is 2. The minimum Gasteiger partial charge on any atom is -0.296 e. The van der Waals surface area contributed by atoms with E-state index >= 15 is 0 Å². The Hall–Kier alpha value is -2.20. The summed E-state index contributed by atoms with van der Waals surface area (Å²) < 4.78 is 27.5. The molecule has 1 aromatic heterocycles. The van der Waals surface area contributed by atoms with Gasteiger partial charge >= 0.3 is 0 Å². The molecule has 4 rings (SSSR count). The molecule has 1 N–H and O–H groups in total. The molecule has 0 bridgehead atoms. The van der Waals surface area contributed by atoms with Gasteiger partial charge in [0.2, 0.25) is 5.13 Å². The SMILES string of the molecule is C[C@H]1Cc2ccccc2N1S(=O)(=O)c1nnc(NC(=O)c2ccc(Cl)cc2Cl)s1. The van der Waals surface area contributed by atoms with Crippen LogP contribution in [0.25, 0.3) is 0 Å². The lowest BCUT2D eigenvalue weighted by Gasteiger charge is -2.22. The van der Waals surface area contributed by atoms with Gasteiger partial charge in [-0.25, -0.2) is 0 Å². The number of nitrogens with zero attached hydrogens (tertiary/aromatic N) is 3. The molecular weight excluding hydrogens is 455 g/mol. The van der Waals surface area contributed by atoms with Crippen molar-refractivity contribution in [3.63, 3.8) is 0 Å². The summed E-state index contributed by atoms with van der Waals surface area (Å²) in [6.45, 7) is 1.84. The van der Waals surface area contributed by atoms with Crippen molar-refractivity contribution >= 4 is 61.3 Å². The second-order valence-corrected chi connectivity index (χ2v) is 10.2. The van der Waals surface area contributed by atoms with E-state index in [1.807, 2.05) is 19.1 Å². The zero-order chi connectivity index (χ0) is 20.8. The molecule has 1 aliphatic heterocycles. The quantitative estimate of drug-likeness (QED) is 0.578. The summed E-state index contributed by atoms with van der Waals surface area (Å²) in [5.41, 5.74) is 1.78. The maximum absolute atomic E-state index is 13.2. The fourth-order valence-electron chi connectivity index (χ4n) is 3.19. The van der Waals surface area contributed by atoms with E-state index in [1.54, 1.807) is 12.1 Å². The molecule has 0 radical (unpaired) electrons. The Labute approximate surface area is 181 Å². The van der Waals surface area contributed by atoms with Crippen molar-refractivity contribution in [2.45, 2.75) is 23.7 Å². The molecule has 11 heteroatoms. The van der Waals surface area contributed by atoms with E-state index in [1.165, 1.54) is 22.5 Å². The number of anilines is 2. The van der Waals surface area contributed by atoms with E-state index in [-0.39, 0.29) is 26.1 Å². The Morgan fingerprint density at radius 3 is 2.72 bits per heavy atom. The molecule has 1 amide bonds. The normalized spacial score (nSPS) is 16.0. The number of carbonyl (C=O) groups is 1.